The van der Waals surface area contributed by atoms with Crippen LogP contribution in [0.2, 0.25) is 0 Å². The van der Waals surface area contributed by atoms with Crippen molar-refractivity contribution in [2.24, 2.45) is 0 Å². The van der Waals surface area contributed by atoms with E-state index in [1.807, 2.05) is 13.0 Å². The highest BCUT2D eigenvalue weighted by Gasteiger charge is 2.28. The number of fused-ring (bicyclic) bond motifs is 1. The number of hydrogen-bond acceptors (Lipinski definition) is 3. The number of carbonyl (C=O) groups excluding carboxylic acids is 2. The lowest BCUT2D eigenvalue weighted by Gasteiger charge is -2.32. The van der Waals surface area contributed by atoms with E-state index in [0.717, 1.165) is 30.2 Å². The number of carbonyl (C=O) groups is 2. The molecule has 2 N–H and O–H groups in total. The number of aromatic amines is 1. The largest absolute Gasteiger partial charge is 0.332 e. The van der Waals surface area contributed by atoms with Crippen LogP contribution in [-0.2, 0) is 9.59 Å². The standard InChI is InChI=1S/C15H18N4O2/c1-10-4-2-3-7-19(10)15(21)14(20)17-12-6-5-11-9-16-18-13(11)8-12/h5-6,8-10H,2-4,7H2,1H3,(H,16,18)(H,17,20). The number of anilines is 1. The van der Waals surface area contributed by atoms with Crippen LogP contribution in [0.3, 0.4) is 0 Å². The fraction of sp³-hybridized carbons (Fsp3) is 0.400. The van der Waals surface area contributed by atoms with Crippen LogP contribution in [0.5, 0.6) is 0 Å². The molecule has 1 unspecified atom stereocenters. The molecule has 0 bridgehead atoms. The average molecular weight is 286 g/mol. The third-order valence-electron chi connectivity index (χ3n) is 3.96. The molecule has 2 amide bonds. The SMILES string of the molecule is CC1CCCCN1C(=O)C(=O)Nc1ccc2cn[nH]c2c1. The molecule has 3 rings (SSSR count). The van der Waals surface area contributed by atoms with Crippen LogP contribution >= 0.6 is 0 Å². The van der Waals surface area contributed by atoms with Gasteiger partial charge in [-0.15, -0.1) is 0 Å². The van der Waals surface area contributed by atoms with E-state index in [0.29, 0.717) is 12.2 Å². The molecule has 1 saturated heterocycles. The highest BCUT2D eigenvalue weighted by Crippen LogP contribution is 2.19. The van der Waals surface area contributed by atoms with Gasteiger partial charge in [0.05, 0.1) is 11.7 Å². The zero-order chi connectivity index (χ0) is 14.8. The molecule has 6 heteroatoms. The summed E-state index contributed by atoms with van der Waals surface area (Å²) in [5, 5.41) is 10.4. The molecule has 1 aromatic carbocycles. The number of aromatic nitrogens is 2. The van der Waals surface area contributed by atoms with Crippen LogP contribution in [0.4, 0.5) is 5.69 Å². The molecule has 110 valence electrons. The van der Waals surface area contributed by atoms with Crippen molar-refractivity contribution in [3.63, 3.8) is 0 Å². The molecular formula is C15H18N4O2. The molecule has 1 aliphatic heterocycles. The smallest absolute Gasteiger partial charge is 0.313 e. The van der Waals surface area contributed by atoms with Crippen molar-refractivity contribution in [1.29, 1.82) is 0 Å². The van der Waals surface area contributed by atoms with Crippen LogP contribution in [-0.4, -0.2) is 39.5 Å². The molecule has 0 spiro atoms. The maximum atomic E-state index is 12.2. The van der Waals surface area contributed by atoms with Gasteiger partial charge < -0.3 is 10.2 Å². The van der Waals surface area contributed by atoms with E-state index in [1.165, 1.54) is 0 Å². The zero-order valence-corrected chi connectivity index (χ0v) is 11.9. The van der Waals surface area contributed by atoms with Gasteiger partial charge in [-0.2, -0.15) is 5.10 Å². The summed E-state index contributed by atoms with van der Waals surface area (Å²) in [5.74, 6) is -1.03. The predicted molar refractivity (Wildman–Crippen MR) is 79.7 cm³/mol. The Hall–Kier alpha value is -2.37. The number of likely N-dealkylation sites (tertiary alicyclic amines) is 1. The minimum absolute atomic E-state index is 0.132. The summed E-state index contributed by atoms with van der Waals surface area (Å²) in [5.41, 5.74) is 1.42. The fourth-order valence-electron chi connectivity index (χ4n) is 2.73. The van der Waals surface area contributed by atoms with Gasteiger partial charge in [-0.3, -0.25) is 14.7 Å². The van der Waals surface area contributed by atoms with Gasteiger partial charge in [0.25, 0.3) is 0 Å². The lowest BCUT2D eigenvalue weighted by molar-refractivity contribution is -0.145. The summed E-state index contributed by atoms with van der Waals surface area (Å²) in [6.07, 6.45) is 4.74. The van der Waals surface area contributed by atoms with Gasteiger partial charge in [0.2, 0.25) is 0 Å². The molecule has 6 nitrogen and oxygen atoms in total. The molecule has 0 aliphatic carbocycles. The van der Waals surface area contributed by atoms with Gasteiger partial charge in [0, 0.05) is 23.7 Å². The molecule has 1 fully saturated rings. The van der Waals surface area contributed by atoms with Crippen molar-refractivity contribution < 1.29 is 9.59 Å². The lowest BCUT2D eigenvalue weighted by Crippen LogP contribution is -2.47. The second kappa shape index (κ2) is 5.55. The van der Waals surface area contributed by atoms with Crippen molar-refractivity contribution in [2.45, 2.75) is 32.2 Å². The Morgan fingerprint density at radius 3 is 3.05 bits per heavy atom. The number of nitrogens with zero attached hydrogens (tertiary/aromatic N) is 2. The topological polar surface area (TPSA) is 78.1 Å². The Bertz CT molecular complexity index is 679. The number of H-pyrrole nitrogens is 1. The Morgan fingerprint density at radius 1 is 1.38 bits per heavy atom. The molecular weight excluding hydrogens is 268 g/mol. The van der Waals surface area contributed by atoms with Crippen LogP contribution in [0.15, 0.2) is 24.4 Å². The van der Waals surface area contributed by atoms with E-state index in [1.54, 1.807) is 23.2 Å². The molecule has 2 heterocycles. The van der Waals surface area contributed by atoms with E-state index < -0.39 is 11.8 Å². The van der Waals surface area contributed by atoms with E-state index in [2.05, 4.69) is 15.5 Å². The van der Waals surface area contributed by atoms with Crippen LogP contribution < -0.4 is 5.32 Å². The molecule has 21 heavy (non-hydrogen) atoms. The van der Waals surface area contributed by atoms with Gasteiger partial charge in [-0.05, 0) is 44.4 Å². The van der Waals surface area contributed by atoms with Gasteiger partial charge in [-0.25, -0.2) is 0 Å². The molecule has 0 saturated carbocycles. The van der Waals surface area contributed by atoms with Crippen molar-refractivity contribution in [1.82, 2.24) is 15.1 Å². The zero-order valence-electron chi connectivity index (χ0n) is 11.9. The van der Waals surface area contributed by atoms with Crippen LogP contribution in [0.1, 0.15) is 26.2 Å². The number of hydrogen-bond donors (Lipinski definition) is 2. The molecule has 1 aromatic heterocycles. The Balaban J connectivity index is 1.71. The first kappa shape index (κ1) is 13.6. The van der Waals surface area contributed by atoms with Crippen molar-refractivity contribution in [3.05, 3.63) is 24.4 Å². The summed E-state index contributed by atoms with van der Waals surface area (Å²) in [6, 6.07) is 5.52. The van der Waals surface area contributed by atoms with Crippen molar-refractivity contribution >= 4 is 28.4 Å². The number of rotatable bonds is 1. The van der Waals surface area contributed by atoms with E-state index in [4.69, 9.17) is 0 Å². The first-order chi connectivity index (χ1) is 10.1. The minimum Gasteiger partial charge on any atom is -0.332 e. The monoisotopic (exact) mass is 286 g/mol. The van der Waals surface area contributed by atoms with E-state index in [-0.39, 0.29) is 6.04 Å². The Kier molecular flexibility index (Phi) is 3.60. The highest BCUT2D eigenvalue weighted by molar-refractivity contribution is 6.39. The van der Waals surface area contributed by atoms with E-state index in [9.17, 15) is 9.59 Å². The van der Waals surface area contributed by atoms with Crippen LogP contribution in [0.25, 0.3) is 10.9 Å². The number of piperidine rings is 1. The maximum absolute atomic E-state index is 12.2. The molecule has 2 aromatic rings. The first-order valence-electron chi connectivity index (χ1n) is 7.20. The molecule has 0 radical (unpaired) electrons. The number of benzene rings is 1. The summed E-state index contributed by atoms with van der Waals surface area (Å²) in [4.78, 5) is 26.0. The maximum Gasteiger partial charge on any atom is 0.313 e. The van der Waals surface area contributed by atoms with Gasteiger partial charge >= 0.3 is 11.8 Å². The third kappa shape index (κ3) is 2.74. The van der Waals surface area contributed by atoms with Crippen molar-refractivity contribution in [3.8, 4) is 0 Å². The predicted octanol–water partition coefficient (Wildman–Crippen LogP) is 1.90. The quantitative estimate of drug-likeness (QED) is 0.786. The molecule has 1 aliphatic rings. The normalized spacial score (nSPS) is 18.7. The summed E-state index contributed by atoms with van der Waals surface area (Å²) in [6.45, 7) is 2.65. The lowest BCUT2D eigenvalue weighted by atomic mass is 10.0. The first-order valence-corrected chi connectivity index (χ1v) is 7.20. The highest BCUT2D eigenvalue weighted by atomic mass is 16.2. The van der Waals surface area contributed by atoms with Crippen LogP contribution in [0, 0.1) is 0 Å². The Labute approximate surface area is 122 Å². The summed E-state index contributed by atoms with van der Waals surface area (Å²) in [7, 11) is 0. The van der Waals surface area contributed by atoms with Gasteiger partial charge in [0.15, 0.2) is 0 Å². The second-order valence-corrected chi connectivity index (χ2v) is 5.47. The van der Waals surface area contributed by atoms with Crippen molar-refractivity contribution in [2.75, 3.05) is 11.9 Å². The average Bonchev–Trinajstić information content (AvgIpc) is 2.94. The number of nitrogens with one attached hydrogen (secondary N) is 2. The van der Waals surface area contributed by atoms with Gasteiger partial charge in [0.1, 0.15) is 0 Å². The summed E-state index contributed by atoms with van der Waals surface area (Å²) < 4.78 is 0. The van der Waals surface area contributed by atoms with Gasteiger partial charge in [-0.1, -0.05) is 0 Å². The Morgan fingerprint density at radius 2 is 2.24 bits per heavy atom. The minimum atomic E-state index is -0.581. The number of amides is 2. The fourth-order valence-corrected chi connectivity index (χ4v) is 2.73. The molecule has 1 atom stereocenters. The second-order valence-electron chi connectivity index (χ2n) is 5.47. The van der Waals surface area contributed by atoms with E-state index >= 15 is 0 Å². The summed E-state index contributed by atoms with van der Waals surface area (Å²) >= 11 is 0. The third-order valence-corrected chi connectivity index (χ3v) is 3.96.